The normalized spacial score (nSPS) is 10.6. The van der Waals surface area contributed by atoms with Crippen molar-refractivity contribution < 1.29 is 4.79 Å². The Labute approximate surface area is 133 Å². The van der Waals surface area contributed by atoms with Crippen LogP contribution in [0.5, 0.6) is 0 Å². The van der Waals surface area contributed by atoms with Crippen LogP contribution in [0.3, 0.4) is 0 Å². The van der Waals surface area contributed by atoms with Gasteiger partial charge in [0.15, 0.2) is 0 Å². The van der Waals surface area contributed by atoms with Crippen LogP contribution < -0.4 is 0 Å². The largest absolute Gasteiger partial charge is 0.336 e. The average molecular weight is 312 g/mol. The summed E-state index contributed by atoms with van der Waals surface area (Å²) in [6.07, 6.45) is 3.38. The highest BCUT2D eigenvalue weighted by molar-refractivity contribution is 6.36. The van der Waals surface area contributed by atoms with Crippen molar-refractivity contribution in [3.05, 3.63) is 71.1 Å². The number of amides is 1. The fraction of sp³-hybridized carbons (Fsp3) is 0.118. The van der Waals surface area contributed by atoms with Crippen molar-refractivity contribution >= 4 is 28.4 Å². The van der Waals surface area contributed by atoms with Crippen LogP contribution in [0.1, 0.15) is 16.1 Å². The van der Waals surface area contributed by atoms with E-state index in [-0.39, 0.29) is 5.91 Å². The van der Waals surface area contributed by atoms with Crippen molar-refractivity contribution in [2.75, 3.05) is 7.05 Å². The van der Waals surface area contributed by atoms with E-state index in [1.54, 1.807) is 42.5 Å². The predicted molar refractivity (Wildman–Crippen MR) is 86.8 cm³/mol. The van der Waals surface area contributed by atoms with Gasteiger partial charge in [-0.1, -0.05) is 17.7 Å². The van der Waals surface area contributed by atoms with Gasteiger partial charge in [-0.25, -0.2) is 0 Å². The van der Waals surface area contributed by atoms with E-state index in [0.29, 0.717) is 22.6 Å². The molecule has 1 aromatic carbocycles. The molecule has 0 aliphatic heterocycles. The highest BCUT2D eigenvalue weighted by atomic mass is 35.5. The Hall–Kier alpha value is -2.46. The zero-order valence-corrected chi connectivity index (χ0v) is 12.8. The summed E-state index contributed by atoms with van der Waals surface area (Å²) in [5.41, 5.74) is 2.00. The van der Waals surface area contributed by atoms with Crippen LogP contribution in [0, 0.1) is 0 Å². The number of carbonyl (C=O) groups is 1. The van der Waals surface area contributed by atoms with Crippen LogP contribution in [0.25, 0.3) is 10.9 Å². The number of nitrogens with zero attached hydrogens (tertiary/aromatic N) is 3. The molecule has 110 valence electrons. The summed E-state index contributed by atoms with van der Waals surface area (Å²) in [6.45, 7) is 0.441. The van der Waals surface area contributed by atoms with Gasteiger partial charge in [0.2, 0.25) is 0 Å². The van der Waals surface area contributed by atoms with E-state index in [1.165, 1.54) is 0 Å². The Morgan fingerprint density at radius 1 is 1.09 bits per heavy atom. The first-order chi connectivity index (χ1) is 10.7. The highest BCUT2D eigenvalue weighted by Gasteiger charge is 2.17. The van der Waals surface area contributed by atoms with Gasteiger partial charge in [-0.2, -0.15) is 0 Å². The minimum atomic E-state index is -0.106. The summed E-state index contributed by atoms with van der Waals surface area (Å²) in [5.74, 6) is -0.106. The molecule has 0 aliphatic carbocycles. The molecule has 0 saturated heterocycles. The first kappa shape index (κ1) is 14.5. The highest BCUT2D eigenvalue weighted by Crippen LogP contribution is 2.25. The third kappa shape index (κ3) is 2.78. The molecule has 3 aromatic rings. The zero-order valence-electron chi connectivity index (χ0n) is 12.0. The van der Waals surface area contributed by atoms with Crippen LogP contribution in [-0.2, 0) is 6.54 Å². The molecule has 22 heavy (non-hydrogen) atoms. The first-order valence-corrected chi connectivity index (χ1v) is 7.23. The summed E-state index contributed by atoms with van der Waals surface area (Å²) in [7, 11) is 1.75. The number of pyridine rings is 2. The third-order valence-corrected chi connectivity index (χ3v) is 3.75. The molecule has 0 radical (unpaired) electrons. The molecular formula is C17H14ClN3O. The molecule has 0 bridgehead atoms. The van der Waals surface area contributed by atoms with Crippen molar-refractivity contribution in [2.24, 2.45) is 0 Å². The van der Waals surface area contributed by atoms with Crippen LogP contribution in [-0.4, -0.2) is 27.8 Å². The molecule has 0 fully saturated rings. The summed E-state index contributed by atoms with van der Waals surface area (Å²) in [4.78, 5) is 22.9. The Balaban J connectivity index is 1.94. The van der Waals surface area contributed by atoms with Crippen molar-refractivity contribution in [3.63, 3.8) is 0 Å². The number of rotatable bonds is 3. The Kier molecular flexibility index (Phi) is 4.02. The number of benzene rings is 1. The Bertz CT molecular complexity index is 821. The summed E-state index contributed by atoms with van der Waals surface area (Å²) in [5, 5.41) is 1.37. The molecule has 5 heteroatoms. The molecule has 1 amide bonds. The maximum absolute atomic E-state index is 12.7. The molecule has 2 aromatic heterocycles. The quantitative estimate of drug-likeness (QED) is 0.743. The van der Waals surface area contributed by atoms with Crippen LogP contribution >= 0.6 is 11.6 Å². The topological polar surface area (TPSA) is 46.1 Å². The molecule has 0 saturated carbocycles. The van der Waals surface area contributed by atoms with Crippen molar-refractivity contribution in [1.29, 1.82) is 0 Å². The van der Waals surface area contributed by atoms with Crippen LogP contribution in [0.2, 0.25) is 5.02 Å². The first-order valence-electron chi connectivity index (χ1n) is 6.85. The van der Waals surface area contributed by atoms with Crippen molar-refractivity contribution in [3.8, 4) is 0 Å². The minimum Gasteiger partial charge on any atom is -0.336 e. The molecular weight excluding hydrogens is 298 g/mol. The second-order valence-corrected chi connectivity index (χ2v) is 5.38. The predicted octanol–water partition coefficient (Wildman–Crippen LogP) is 3.56. The van der Waals surface area contributed by atoms with E-state index in [2.05, 4.69) is 9.97 Å². The second-order valence-electron chi connectivity index (χ2n) is 4.98. The van der Waals surface area contributed by atoms with Crippen LogP contribution in [0.15, 0.2) is 54.9 Å². The molecule has 4 nitrogen and oxygen atoms in total. The van der Waals surface area contributed by atoms with Crippen LogP contribution in [0.4, 0.5) is 0 Å². The van der Waals surface area contributed by atoms with Crippen molar-refractivity contribution in [1.82, 2.24) is 14.9 Å². The standard InChI is InChI=1S/C17H14ClN3O/c1-21(11-12-5-2-3-9-19-12)17(22)14-7-8-15(18)13-6-4-10-20-16(13)14/h2-10H,11H2,1H3. The maximum Gasteiger partial charge on any atom is 0.256 e. The zero-order chi connectivity index (χ0) is 15.5. The monoisotopic (exact) mass is 311 g/mol. The lowest BCUT2D eigenvalue weighted by molar-refractivity contribution is 0.0785. The summed E-state index contributed by atoms with van der Waals surface area (Å²) in [6, 6.07) is 12.8. The van der Waals surface area contributed by atoms with Gasteiger partial charge in [0, 0.05) is 24.8 Å². The number of hydrogen-bond acceptors (Lipinski definition) is 3. The summed E-state index contributed by atoms with van der Waals surface area (Å²) < 4.78 is 0. The molecule has 0 aliphatic rings. The fourth-order valence-electron chi connectivity index (χ4n) is 2.32. The van der Waals surface area contributed by atoms with E-state index >= 15 is 0 Å². The number of carbonyl (C=O) groups excluding carboxylic acids is 1. The molecule has 2 heterocycles. The van der Waals surface area contributed by atoms with E-state index in [0.717, 1.165) is 11.1 Å². The van der Waals surface area contributed by atoms with Gasteiger partial charge in [0.25, 0.3) is 5.91 Å². The number of aromatic nitrogens is 2. The number of fused-ring (bicyclic) bond motifs is 1. The average Bonchev–Trinajstić information content (AvgIpc) is 2.56. The van der Waals surface area contributed by atoms with E-state index in [9.17, 15) is 4.79 Å². The van der Waals surface area contributed by atoms with E-state index in [1.807, 2.05) is 24.3 Å². The molecule has 0 atom stereocenters. The SMILES string of the molecule is CN(Cc1ccccn1)C(=O)c1ccc(Cl)c2cccnc12. The van der Waals surface area contributed by atoms with Gasteiger partial charge in [-0.05, 0) is 36.4 Å². The molecule has 0 spiro atoms. The van der Waals surface area contributed by atoms with Gasteiger partial charge in [-0.15, -0.1) is 0 Å². The van der Waals surface area contributed by atoms with E-state index in [4.69, 9.17) is 11.6 Å². The van der Waals surface area contributed by atoms with E-state index < -0.39 is 0 Å². The van der Waals surface area contributed by atoms with Gasteiger partial charge in [0.1, 0.15) is 0 Å². The Morgan fingerprint density at radius 3 is 2.68 bits per heavy atom. The number of halogens is 1. The van der Waals surface area contributed by atoms with Gasteiger partial charge < -0.3 is 4.90 Å². The molecule has 3 rings (SSSR count). The molecule has 0 N–H and O–H groups in total. The lowest BCUT2D eigenvalue weighted by atomic mass is 10.1. The maximum atomic E-state index is 12.7. The lowest BCUT2D eigenvalue weighted by Crippen LogP contribution is -2.27. The minimum absolute atomic E-state index is 0.106. The third-order valence-electron chi connectivity index (χ3n) is 3.42. The van der Waals surface area contributed by atoms with Gasteiger partial charge in [-0.3, -0.25) is 14.8 Å². The second kappa shape index (κ2) is 6.12. The number of hydrogen-bond donors (Lipinski definition) is 0. The van der Waals surface area contributed by atoms with Crippen molar-refractivity contribution in [2.45, 2.75) is 6.54 Å². The Morgan fingerprint density at radius 2 is 1.91 bits per heavy atom. The lowest BCUT2D eigenvalue weighted by Gasteiger charge is -2.17. The van der Waals surface area contributed by atoms with Gasteiger partial charge in [0.05, 0.1) is 28.3 Å². The fourth-order valence-corrected chi connectivity index (χ4v) is 2.54. The van der Waals surface area contributed by atoms with Gasteiger partial charge >= 0.3 is 0 Å². The summed E-state index contributed by atoms with van der Waals surface area (Å²) >= 11 is 6.17. The smallest absolute Gasteiger partial charge is 0.256 e. The molecule has 0 unspecified atom stereocenters.